The van der Waals surface area contributed by atoms with Gasteiger partial charge in [0.25, 0.3) is 0 Å². The Morgan fingerprint density at radius 2 is 0.759 bits per heavy atom. The Bertz CT molecular complexity index is 794. The van der Waals surface area contributed by atoms with Gasteiger partial charge in [-0.2, -0.15) is 0 Å². The summed E-state index contributed by atoms with van der Waals surface area (Å²) in [4.78, 5) is 27.8. The van der Waals surface area contributed by atoms with Gasteiger partial charge in [0.05, 0.1) is 0 Å². The topological polar surface area (TPSA) is 258 Å². The molecule has 0 unspecified atom stereocenters. The minimum absolute atomic E-state index is 0. The summed E-state index contributed by atoms with van der Waals surface area (Å²) in [5, 5.41) is 0. The van der Waals surface area contributed by atoms with Crippen LogP contribution in [0.1, 0.15) is 0 Å². The van der Waals surface area contributed by atoms with Crippen LogP contribution < -0.4 is 0 Å². The van der Waals surface area contributed by atoms with Gasteiger partial charge in [-0.15, -0.1) is 0 Å². The first-order valence-corrected chi connectivity index (χ1v) is 7.92. The fraction of sp³-hybridized carbons (Fsp3) is 0. The van der Waals surface area contributed by atoms with Gasteiger partial charge in [-0.3, -0.25) is 8.42 Å². The summed E-state index contributed by atoms with van der Waals surface area (Å²) in [7, 11) is -5.17. The van der Waals surface area contributed by atoms with Crippen LogP contribution in [0, 0.1) is 0 Å². The van der Waals surface area contributed by atoms with Gasteiger partial charge in [-0.1, -0.05) is 0 Å². The van der Waals surface area contributed by atoms with Crippen LogP contribution in [0.5, 0.6) is 0 Å². The van der Waals surface area contributed by atoms with E-state index in [4.69, 9.17) is 17.5 Å². The predicted molar refractivity (Wildman–Crippen MR) is 90.0 cm³/mol. The van der Waals surface area contributed by atoms with Crippen LogP contribution in [0.2, 0.25) is 0 Å². The molecule has 4 rings (SSSR count). The smallest absolute Gasteiger partial charge is 0.759 e. The van der Waals surface area contributed by atoms with E-state index >= 15 is 0 Å². The summed E-state index contributed by atoms with van der Waals surface area (Å²) in [5.74, 6) is 3.07. The Balaban J connectivity index is -0.000000344. The van der Waals surface area contributed by atoms with Gasteiger partial charge in [0.15, 0.2) is 23.3 Å². The number of aromatic nitrogens is 8. The molecule has 0 aliphatic rings. The van der Waals surface area contributed by atoms with Gasteiger partial charge in [-0.25, -0.2) is 19.9 Å². The van der Waals surface area contributed by atoms with Crippen molar-refractivity contribution >= 4 is 10.4 Å². The van der Waals surface area contributed by atoms with E-state index in [1.54, 1.807) is 49.6 Å². The third kappa shape index (κ3) is 12.7. The second-order valence-corrected chi connectivity index (χ2v) is 4.98. The molecule has 8 N–H and O–H groups in total. The Morgan fingerprint density at radius 3 is 0.862 bits per heavy atom. The monoisotopic (exact) mass is 526 g/mol. The molecule has 4 heterocycles. The number of imidazole rings is 4. The quantitative estimate of drug-likeness (QED) is 0.137. The molecule has 0 spiro atoms. The first kappa shape index (κ1) is 31.4. The molecule has 0 fully saturated rings. The van der Waals surface area contributed by atoms with E-state index in [2.05, 4.69) is 39.9 Å². The number of hydrogen-bond acceptors (Lipinski definition) is 8. The first-order valence-electron chi connectivity index (χ1n) is 6.58. The summed E-state index contributed by atoms with van der Waals surface area (Å²) in [6.45, 7) is 0. The molecular weight excluding hydrogens is 511 g/mol. The second-order valence-electron chi connectivity index (χ2n) is 4.16. The van der Waals surface area contributed by atoms with Crippen molar-refractivity contribution < 1.29 is 62.6 Å². The van der Waals surface area contributed by atoms with E-state index in [9.17, 15) is 0 Å². The summed E-state index contributed by atoms with van der Waals surface area (Å²) in [6.07, 6.45) is 13.8. The number of nitrogens with one attached hydrogen (secondary N) is 4. The zero-order chi connectivity index (χ0) is 18.1. The van der Waals surface area contributed by atoms with Crippen molar-refractivity contribution in [2.75, 3.05) is 0 Å². The number of H-pyrrole nitrogens is 4. The molecule has 0 radical (unpaired) electrons. The maximum atomic E-state index is 8.52. The summed E-state index contributed by atoms with van der Waals surface area (Å²) < 4.78 is 34.1. The van der Waals surface area contributed by atoms with Crippen LogP contribution in [0.25, 0.3) is 23.3 Å². The fourth-order valence-corrected chi connectivity index (χ4v) is 1.58. The van der Waals surface area contributed by atoms with Crippen LogP contribution in [0.4, 0.5) is 0 Å². The van der Waals surface area contributed by atoms with Gasteiger partial charge in [-0.05, 0) is 0 Å². The standard InChI is InChI=1S/2C6H6N4.2Cu.H2O4S.2H2O/c2*1-2-8-5(7-1)6-9-3-4-10-6;;;1-5(2,3)4;;/h2*1-4H,(H,7,8)(H,9,10);;;(H2,1,2,3,4);2*1H2/q;;2*+1;;;/p-2. The number of hydrogen-bond donors (Lipinski definition) is 4. The number of rotatable bonds is 2. The van der Waals surface area contributed by atoms with Crippen molar-refractivity contribution in [1.82, 2.24) is 39.9 Å². The molecule has 0 saturated heterocycles. The molecule has 0 aliphatic carbocycles. The molecule has 29 heavy (non-hydrogen) atoms. The normalized spacial score (nSPS) is 8.90. The molecule has 0 bridgehead atoms. The Morgan fingerprint density at radius 1 is 0.586 bits per heavy atom. The molecule has 168 valence electrons. The van der Waals surface area contributed by atoms with Crippen molar-refractivity contribution in [2.24, 2.45) is 0 Å². The van der Waals surface area contributed by atoms with E-state index in [0.29, 0.717) is 0 Å². The van der Waals surface area contributed by atoms with Crippen molar-refractivity contribution in [3.63, 3.8) is 0 Å². The van der Waals surface area contributed by atoms with Crippen molar-refractivity contribution in [3.8, 4) is 23.3 Å². The van der Waals surface area contributed by atoms with Gasteiger partial charge in [0, 0.05) is 60.0 Å². The Hall–Kier alpha value is -2.33. The minimum Gasteiger partial charge on any atom is -0.759 e. The molecule has 4 aromatic heterocycles. The molecule has 14 nitrogen and oxygen atoms in total. The predicted octanol–water partition coefficient (Wildman–Crippen LogP) is -1.39. The second kappa shape index (κ2) is 15.6. The number of nitrogens with zero attached hydrogens (tertiary/aromatic N) is 4. The van der Waals surface area contributed by atoms with Gasteiger partial charge in [0.2, 0.25) is 0 Å². The van der Waals surface area contributed by atoms with Crippen LogP contribution in [0.15, 0.2) is 49.6 Å². The first-order chi connectivity index (χ1) is 11.9. The molecule has 4 aromatic rings. The maximum Gasteiger partial charge on any atom is 1.00 e. The van der Waals surface area contributed by atoms with Crippen molar-refractivity contribution in [3.05, 3.63) is 49.6 Å². The zero-order valence-electron chi connectivity index (χ0n) is 14.1. The molecule has 0 aliphatic heterocycles. The molecule has 0 aromatic carbocycles. The third-order valence-corrected chi connectivity index (χ3v) is 2.44. The zero-order valence-corrected chi connectivity index (χ0v) is 16.8. The molecule has 0 atom stereocenters. The molecule has 0 amide bonds. The van der Waals surface area contributed by atoms with Crippen LogP contribution >= 0.6 is 0 Å². The van der Waals surface area contributed by atoms with Gasteiger partial charge >= 0.3 is 34.1 Å². The SMILES string of the molecule is O.O.O=S(=O)([O-])[O-].[Cu+].[Cu+].c1c[nH]c(-c2ncc[nH]2)n1.c1c[nH]c(-c2ncc[nH]2)n1. The third-order valence-electron chi connectivity index (χ3n) is 2.44. The Kier molecular flexibility index (Phi) is 16.8. The molecule has 0 saturated carbocycles. The summed E-state index contributed by atoms with van der Waals surface area (Å²) in [5.41, 5.74) is 0. The molecular formula is C12H16Cu2N8O6S. The van der Waals surface area contributed by atoms with Gasteiger partial charge < -0.3 is 40.0 Å². The van der Waals surface area contributed by atoms with E-state index in [0.717, 1.165) is 23.3 Å². The Labute approximate surface area is 185 Å². The summed E-state index contributed by atoms with van der Waals surface area (Å²) in [6, 6.07) is 0. The van der Waals surface area contributed by atoms with E-state index < -0.39 is 10.4 Å². The van der Waals surface area contributed by atoms with Crippen LogP contribution in [-0.2, 0) is 44.5 Å². The van der Waals surface area contributed by atoms with E-state index in [1.165, 1.54) is 0 Å². The van der Waals surface area contributed by atoms with E-state index in [-0.39, 0.29) is 45.1 Å². The van der Waals surface area contributed by atoms with E-state index in [1.807, 2.05) is 0 Å². The average Bonchev–Trinajstić information content (AvgIpc) is 3.37. The van der Waals surface area contributed by atoms with Gasteiger partial charge in [0.1, 0.15) is 0 Å². The van der Waals surface area contributed by atoms with Crippen LogP contribution in [0.3, 0.4) is 0 Å². The minimum atomic E-state index is -5.17. The maximum absolute atomic E-state index is 8.52. The van der Waals surface area contributed by atoms with Crippen molar-refractivity contribution in [2.45, 2.75) is 0 Å². The summed E-state index contributed by atoms with van der Waals surface area (Å²) >= 11 is 0. The largest absolute Gasteiger partial charge is 1.00 e. The van der Waals surface area contributed by atoms with Crippen LogP contribution in [-0.4, -0.2) is 68.3 Å². The van der Waals surface area contributed by atoms with Crippen molar-refractivity contribution in [1.29, 1.82) is 0 Å². The average molecular weight is 527 g/mol. The number of aromatic amines is 4. The molecule has 17 heteroatoms. The fourth-order valence-electron chi connectivity index (χ4n) is 1.58.